The molecule has 0 aliphatic carbocycles. The van der Waals surface area contributed by atoms with Crippen LogP contribution in [0.4, 0.5) is 0 Å². The van der Waals surface area contributed by atoms with E-state index in [1.54, 1.807) is 11.3 Å². The number of hydrogen-bond acceptors (Lipinski definition) is 3. The van der Waals surface area contributed by atoms with Crippen molar-refractivity contribution in [2.24, 2.45) is 5.73 Å². The molecular formula is C15H12BrClN2S. The maximum absolute atomic E-state index is 6.29. The van der Waals surface area contributed by atoms with Gasteiger partial charge in [-0.1, -0.05) is 45.7 Å². The van der Waals surface area contributed by atoms with E-state index in [9.17, 15) is 0 Å². The zero-order chi connectivity index (χ0) is 14.1. The van der Waals surface area contributed by atoms with Crippen molar-refractivity contribution in [3.63, 3.8) is 0 Å². The van der Waals surface area contributed by atoms with Crippen molar-refractivity contribution >= 4 is 49.1 Å². The van der Waals surface area contributed by atoms with Gasteiger partial charge in [0, 0.05) is 9.50 Å². The molecule has 2 N–H and O–H groups in total. The fraction of sp³-hybridized carbons (Fsp3) is 0.133. The van der Waals surface area contributed by atoms with Gasteiger partial charge in [-0.05, 0) is 36.2 Å². The lowest BCUT2D eigenvalue weighted by atomic mass is 10.1. The summed E-state index contributed by atoms with van der Waals surface area (Å²) in [7, 11) is 0. The van der Waals surface area contributed by atoms with E-state index in [4.69, 9.17) is 17.3 Å². The van der Waals surface area contributed by atoms with Gasteiger partial charge >= 0.3 is 0 Å². The lowest BCUT2D eigenvalue weighted by molar-refractivity contribution is 0.715. The molecule has 0 amide bonds. The third-order valence-corrected chi connectivity index (χ3v) is 5.22. The zero-order valence-electron chi connectivity index (χ0n) is 10.5. The van der Waals surface area contributed by atoms with Crippen LogP contribution in [0.1, 0.15) is 16.6 Å². The van der Waals surface area contributed by atoms with Crippen molar-refractivity contribution in [3.8, 4) is 0 Å². The van der Waals surface area contributed by atoms with E-state index in [2.05, 4.69) is 27.0 Å². The molecule has 1 atom stereocenters. The standard InChI is InChI=1S/C15H12BrClN2S/c16-11-8-10(17)6-5-9(11)7-12(18)15-19-13-3-1-2-4-14(13)20-15/h1-6,8,12H,7,18H2. The van der Waals surface area contributed by atoms with E-state index in [0.717, 1.165) is 27.0 Å². The minimum Gasteiger partial charge on any atom is -0.322 e. The van der Waals surface area contributed by atoms with E-state index in [-0.39, 0.29) is 6.04 Å². The average Bonchev–Trinajstić information content (AvgIpc) is 2.86. The summed E-state index contributed by atoms with van der Waals surface area (Å²) in [5.74, 6) is 0. The number of nitrogens with two attached hydrogens (primary N) is 1. The number of nitrogens with zero attached hydrogens (tertiary/aromatic N) is 1. The number of thiazole rings is 1. The van der Waals surface area contributed by atoms with Gasteiger partial charge in [0.15, 0.2) is 0 Å². The summed E-state index contributed by atoms with van der Waals surface area (Å²) in [4.78, 5) is 4.61. The van der Waals surface area contributed by atoms with E-state index < -0.39 is 0 Å². The van der Waals surface area contributed by atoms with Gasteiger partial charge in [-0.15, -0.1) is 11.3 Å². The lowest BCUT2D eigenvalue weighted by Crippen LogP contribution is -2.13. The summed E-state index contributed by atoms with van der Waals surface area (Å²) >= 11 is 11.1. The number of para-hydroxylation sites is 1. The van der Waals surface area contributed by atoms with E-state index in [0.29, 0.717) is 5.02 Å². The molecule has 1 unspecified atom stereocenters. The first kappa shape index (κ1) is 14.0. The Balaban J connectivity index is 1.86. The molecule has 20 heavy (non-hydrogen) atoms. The topological polar surface area (TPSA) is 38.9 Å². The monoisotopic (exact) mass is 366 g/mol. The predicted octanol–water partition coefficient (Wildman–Crippen LogP) is 4.95. The second kappa shape index (κ2) is 5.82. The van der Waals surface area contributed by atoms with Gasteiger partial charge in [0.2, 0.25) is 0 Å². The second-order valence-corrected chi connectivity index (χ2v) is 6.92. The highest BCUT2D eigenvalue weighted by Gasteiger charge is 2.14. The van der Waals surface area contributed by atoms with Crippen molar-refractivity contribution in [1.29, 1.82) is 0 Å². The quantitative estimate of drug-likeness (QED) is 0.711. The molecular weight excluding hydrogens is 356 g/mol. The Kier molecular flexibility index (Phi) is 4.08. The Morgan fingerprint density at radius 1 is 1.25 bits per heavy atom. The SMILES string of the molecule is NC(Cc1ccc(Cl)cc1Br)c1nc2ccccc2s1. The Bertz CT molecular complexity index is 723. The maximum atomic E-state index is 6.29. The van der Waals surface area contributed by atoms with Gasteiger partial charge in [0.05, 0.1) is 16.3 Å². The van der Waals surface area contributed by atoms with Crippen LogP contribution in [0.5, 0.6) is 0 Å². The highest BCUT2D eigenvalue weighted by atomic mass is 79.9. The van der Waals surface area contributed by atoms with Gasteiger partial charge in [-0.2, -0.15) is 0 Å². The van der Waals surface area contributed by atoms with Gasteiger partial charge in [-0.3, -0.25) is 0 Å². The van der Waals surface area contributed by atoms with Crippen molar-refractivity contribution in [2.45, 2.75) is 12.5 Å². The van der Waals surface area contributed by atoms with Crippen LogP contribution < -0.4 is 5.73 Å². The predicted molar refractivity (Wildman–Crippen MR) is 89.4 cm³/mol. The Hall–Kier alpha value is -0.940. The smallest absolute Gasteiger partial charge is 0.111 e. The second-order valence-electron chi connectivity index (χ2n) is 4.57. The number of aromatic nitrogens is 1. The highest BCUT2D eigenvalue weighted by molar-refractivity contribution is 9.10. The van der Waals surface area contributed by atoms with Crippen LogP contribution in [-0.2, 0) is 6.42 Å². The van der Waals surface area contributed by atoms with Crippen molar-refractivity contribution in [2.75, 3.05) is 0 Å². The van der Waals surface area contributed by atoms with Crippen molar-refractivity contribution < 1.29 is 0 Å². The van der Waals surface area contributed by atoms with E-state index in [1.165, 1.54) is 4.70 Å². The Labute approximate surface area is 134 Å². The normalized spacial score (nSPS) is 12.8. The molecule has 0 fully saturated rings. The van der Waals surface area contributed by atoms with Crippen LogP contribution in [0.25, 0.3) is 10.2 Å². The highest BCUT2D eigenvalue weighted by Crippen LogP contribution is 2.29. The summed E-state index contributed by atoms with van der Waals surface area (Å²) in [5.41, 5.74) is 8.44. The molecule has 2 aromatic carbocycles. The summed E-state index contributed by atoms with van der Waals surface area (Å²) in [6, 6.07) is 13.8. The molecule has 0 saturated carbocycles. The van der Waals surface area contributed by atoms with Gasteiger partial charge in [0.1, 0.15) is 5.01 Å². The van der Waals surface area contributed by atoms with Gasteiger partial charge < -0.3 is 5.73 Å². The molecule has 0 bridgehead atoms. The van der Waals surface area contributed by atoms with Crippen LogP contribution in [-0.4, -0.2) is 4.98 Å². The van der Waals surface area contributed by atoms with E-state index >= 15 is 0 Å². The third-order valence-electron chi connectivity index (χ3n) is 3.08. The third kappa shape index (κ3) is 2.88. The fourth-order valence-corrected chi connectivity index (χ4v) is 3.87. The first-order chi connectivity index (χ1) is 9.63. The number of hydrogen-bond donors (Lipinski definition) is 1. The molecule has 1 heterocycles. The summed E-state index contributed by atoms with van der Waals surface area (Å²) in [6.07, 6.45) is 0.734. The molecule has 1 aromatic heterocycles. The van der Waals surface area contributed by atoms with Gasteiger partial charge in [-0.25, -0.2) is 4.98 Å². The Morgan fingerprint density at radius 3 is 2.80 bits per heavy atom. The maximum Gasteiger partial charge on any atom is 0.111 e. The molecule has 0 aliphatic rings. The molecule has 5 heteroatoms. The number of halogens is 2. The first-order valence-electron chi connectivity index (χ1n) is 6.18. The van der Waals surface area contributed by atoms with Crippen molar-refractivity contribution in [3.05, 3.63) is 62.5 Å². The van der Waals surface area contributed by atoms with Crippen LogP contribution >= 0.6 is 38.9 Å². The molecule has 0 saturated heterocycles. The zero-order valence-corrected chi connectivity index (χ0v) is 13.7. The summed E-state index contributed by atoms with van der Waals surface area (Å²) in [6.45, 7) is 0. The summed E-state index contributed by atoms with van der Waals surface area (Å²) in [5, 5.41) is 1.68. The minimum atomic E-state index is -0.107. The largest absolute Gasteiger partial charge is 0.322 e. The summed E-state index contributed by atoms with van der Waals surface area (Å²) < 4.78 is 2.16. The Morgan fingerprint density at radius 2 is 2.05 bits per heavy atom. The van der Waals surface area contributed by atoms with Crippen LogP contribution in [0.15, 0.2) is 46.9 Å². The molecule has 0 spiro atoms. The van der Waals surface area contributed by atoms with Gasteiger partial charge in [0.25, 0.3) is 0 Å². The fourth-order valence-electron chi connectivity index (χ4n) is 2.06. The molecule has 3 aromatic rings. The molecule has 3 rings (SSSR count). The minimum absolute atomic E-state index is 0.107. The first-order valence-corrected chi connectivity index (χ1v) is 8.17. The van der Waals surface area contributed by atoms with Crippen molar-refractivity contribution in [1.82, 2.24) is 4.98 Å². The van der Waals surface area contributed by atoms with Crippen LogP contribution in [0.3, 0.4) is 0 Å². The number of rotatable bonds is 3. The number of benzene rings is 2. The lowest BCUT2D eigenvalue weighted by Gasteiger charge is -2.10. The van der Waals surface area contributed by atoms with Crippen LogP contribution in [0, 0.1) is 0 Å². The number of fused-ring (bicyclic) bond motifs is 1. The molecule has 0 radical (unpaired) electrons. The molecule has 2 nitrogen and oxygen atoms in total. The molecule has 0 aliphatic heterocycles. The van der Waals surface area contributed by atoms with E-state index in [1.807, 2.05) is 36.4 Å². The average molecular weight is 368 g/mol. The van der Waals surface area contributed by atoms with Crippen LogP contribution in [0.2, 0.25) is 5.02 Å². The molecule has 102 valence electrons.